The normalized spacial score (nSPS) is 21.6. The Hall–Kier alpha value is -3.23. The van der Waals surface area contributed by atoms with Crippen molar-refractivity contribution in [1.82, 2.24) is 5.01 Å². The third-order valence-electron chi connectivity index (χ3n) is 4.19. The second-order valence-corrected chi connectivity index (χ2v) is 5.70. The van der Waals surface area contributed by atoms with Crippen LogP contribution in [0, 0.1) is 5.92 Å². The Kier molecular flexibility index (Phi) is 4.45. The molecule has 9 heteroatoms. The molecular formula is C17H17N3O6. The van der Waals surface area contributed by atoms with Gasteiger partial charge in [-0.25, -0.2) is 14.7 Å². The number of nitrogens with zero attached hydrogens (tertiary/aromatic N) is 3. The SMILES string of the molecule is CCOC(=O)C1=NN(C(C)=O)C2C(=O)N(c3ccc(OC)cc3)C(=O)C12. The molecule has 1 aromatic carbocycles. The number of rotatable bonds is 4. The van der Waals surface area contributed by atoms with E-state index in [4.69, 9.17) is 9.47 Å². The van der Waals surface area contributed by atoms with Crippen molar-refractivity contribution in [2.24, 2.45) is 11.0 Å². The number of carbonyl (C=O) groups excluding carboxylic acids is 4. The van der Waals surface area contributed by atoms with Crippen molar-refractivity contribution in [3.8, 4) is 5.75 Å². The number of hydrogen-bond donors (Lipinski definition) is 0. The second-order valence-electron chi connectivity index (χ2n) is 5.70. The van der Waals surface area contributed by atoms with E-state index in [-0.39, 0.29) is 12.3 Å². The Bertz CT molecular complexity index is 816. The van der Waals surface area contributed by atoms with E-state index in [2.05, 4.69) is 5.10 Å². The maximum Gasteiger partial charge on any atom is 0.355 e. The second kappa shape index (κ2) is 6.58. The lowest BCUT2D eigenvalue weighted by molar-refractivity contribution is -0.136. The summed E-state index contributed by atoms with van der Waals surface area (Å²) in [4.78, 5) is 50.7. The molecule has 0 N–H and O–H groups in total. The molecule has 0 spiro atoms. The highest BCUT2D eigenvalue weighted by molar-refractivity contribution is 6.47. The third kappa shape index (κ3) is 2.61. The number of fused-ring (bicyclic) bond motifs is 1. The summed E-state index contributed by atoms with van der Waals surface area (Å²) in [6.45, 7) is 2.90. The van der Waals surface area contributed by atoms with E-state index in [1.165, 1.54) is 14.0 Å². The van der Waals surface area contributed by atoms with Crippen LogP contribution in [0.1, 0.15) is 13.8 Å². The van der Waals surface area contributed by atoms with Gasteiger partial charge in [0.1, 0.15) is 11.7 Å². The fourth-order valence-corrected chi connectivity index (χ4v) is 3.04. The van der Waals surface area contributed by atoms with Crippen molar-refractivity contribution >= 4 is 35.1 Å². The van der Waals surface area contributed by atoms with Crippen LogP contribution < -0.4 is 9.64 Å². The number of anilines is 1. The molecule has 0 aliphatic carbocycles. The minimum absolute atomic E-state index is 0.0830. The van der Waals surface area contributed by atoms with Gasteiger partial charge < -0.3 is 9.47 Å². The summed E-state index contributed by atoms with van der Waals surface area (Å²) in [5.41, 5.74) is 0.0864. The first kappa shape index (κ1) is 17.6. The number of imide groups is 1. The van der Waals surface area contributed by atoms with Crippen LogP contribution in [0.3, 0.4) is 0 Å². The lowest BCUT2D eigenvalue weighted by Crippen LogP contribution is -2.41. The number of carbonyl (C=O) groups is 4. The van der Waals surface area contributed by atoms with Gasteiger partial charge >= 0.3 is 5.97 Å². The van der Waals surface area contributed by atoms with E-state index in [0.29, 0.717) is 11.4 Å². The summed E-state index contributed by atoms with van der Waals surface area (Å²) in [5, 5.41) is 4.76. The molecule has 3 amide bonds. The highest BCUT2D eigenvalue weighted by Crippen LogP contribution is 2.35. The van der Waals surface area contributed by atoms with Gasteiger partial charge in [-0.3, -0.25) is 14.4 Å². The summed E-state index contributed by atoms with van der Waals surface area (Å²) in [6.07, 6.45) is 0. The van der Waals surface area contributed by atoms with E-state index >= 15 is 0 Å². The molecule has 9 nitrogen and oxygen atoms in total. The maximum absolute atomic E-state index is 12.9. The standard InChI is InChI=1S/C17H17N3O6/c1-4-26-17(24)13-12-14(20(18-13)9(2)21)16(23)19(15(12)22)10-5-7-11(25-3)8-6-10/h5-8,12,14H,4H2,1-3H3. The summed E-state index contributed by atoms with van der Waals surface area (Å²) in [7, 11) is 1.50. The molecule has 3 rings (SSSR count). The van der Waals surface area contributed by atoms with Crippen LogP contribution in [0.15, 0.2) is 29.4 Å². The molecule has 2 atom stereocenters. The molecule has 0 radical (unpaired) electrons. The van der Waals surface area contributed by atoms with Gasteiger partial charge in [-0.2, -0.15) is 5.10 Å². The number of hydrogen-bond acceptors (Lipinski definition) is 7. The summed E-state index contributed by atoms with van der Waals surface area (Å²) in [5.74, 6) is -3.22. The van der Waals surface area contributed by atoms with Crippen molar-refractivity contribution < 1.29 is 28.7 Å². The molecule has 1 fully saturated rings. The monoisotopic (exact) mass is 359 g/mol. The van der Waals surface area contributed by atoms with Gasteiger partial charge in [0.05, 0.1) is 19.4 Å². The van der Waals surface area contributed by atoms with Crippen LogP contribution in [0.25, 0.3) is 0 Å². The molecule has 2 aliphatic heterocycles. The Morgan fingerprint density at radius 2 is 1.81 bits per heavy atom. The number of amides is 3. The molecule has 2 aliphatic rings. The molecule has 2 unspecified atom stereocenters. The highest BCUT2D eigenvalue weighted by atomic mass is 16.5. The number of benzene rings is 1. The molecule has 2 heterocycles. The first-order valence-corrected chi connectivity index (χ1v) is 7.98. The fourth-order valence-electron chi connectivity index (χ4n) is 3.04. The quantitative estimate of drug-likeness (QED) is 0.567. The van der Waals surface area contributed by atoms with E-state index in [9.17, 15) is 19.2 Å². The van der Waals surface area contributed by atoms with Gasteiger partial charge in [0.2, 0.25) is 11.8 Å². The van der Waals surface area contributed by atoms with Crippen LogP contribution in [0.4, 0.5) is 5.69 Å². The maximum atomic E-state index is 12.9. The smallest absolute Gasteiger partial charge is 0.355 e. The number of methoxy groups -OCH3 is 1. The molecule has 0 aromatic heterocycles. The average molecular weight is 359 g/mol. The van der Waals surface area contributed by atoms with Gasteiger partial charge in [-0.1, -0.05) is 0 Å². The topological polar surface area (TPSA) is 106 Å². The predicted molar refractivity (Wildman–Crippen MR) is 89.4 cm³/mol. The molecule has 0 bridgehead atoms. The Balaban J connectivity index is 2.00. The summed E-state index contributed by atoms with van der Waals surface area (Å²) in [6, 6.07) is 5.13. The van der Waals surface area contributed by atoms with Crippen LogP contribution >= 0.6 is 0 Å². The van der Waals surface area contributed by atoms with Crippen molar-refractivity contribution in [1.29, 1.82) is 0 Å². The first-order chi connectivity index (χ1) is 12.4. The minimum Gasteiger partial charge on any atom is -0.497 e. The number of ether oxygens (including phenoxy) is 2. The molecular weight excluding hydrogens is 342 g/mol. The van der Waals surface area contributed by atoms with Crippen LogP contribution in [0.2, 0.25) is 0 Å². The minimum atomic E-state index is -1.18. The Morgan fingerprint density at radius 1 is 1.15 bits per heavy atom. The van der Waals surface area contributed by atoms with Gasteiger partial charge in [-0.15, -0.1) is 0 Å². The number of esters is 1. The van der Waals surface area contributed by atoms with Crippen LogP contribution in [0.5, 0.6) is 5.75 Å². The lowest BCUT2D eigenvalue weighted by atomic mass is 9.98. The van der Waals surface area contributed by atoms with E-state index in [1.54, 1.807) is 31.2 Å². The van der Waals surface area contributed by atoms with Gasteiger partial charge in [0.15, 0.2) is 11.8 Å². The Labute approximate surface area is 149 Å². The molecule has 0 saturated carbocycles. The van der Waals surface area contributed by atoms with Gasteiger partial charge in [0.25, 0.3) is 5.91 Å². The predicted octanol–water partition coefficient (Wildman–Crippen LogP) is 0.334. The van der Waals surface area contributed by atoms with Gasteiger partial charge in [-0.05, 0) is 31.2 Å². The zero-order chi connectivity index (χ0) is 19.0. The van der Waals surface area contributed by atoms with Crippen molar-refractivity contribution in [3.05, 3.63) is 24.3 Å². The van der Waals surface area contributed by atoms with Crippen molar-refractivity contribution in [3.63, 3.8) is 0 Å². The fraction of sp³-hybridized carbons (Fsp3) is 0.353. The first-order valence-electron chi connectivity index (χ1n) is 7.98. The van der Waals surface area contributed by atoms with Crippen LogP contribution in [-0.2, 0) is 23.9 Å². The zero-order valence-corrected chi connectivity index (χ0v) is 14.5. The number of hydrazone groups is 1. The lowest BCUT2D eigenvalue weighted by Gasteiger charge is -2.19. The molecule has 1 aromatic rings. The molecule has 26 heavy (non-hydrogen) atoms. The van der Waals surface area contributed by atoms with Crippen molar-refractivity contribution in [2.75, 3.05) is 18.6 Å². The largest absolute Gasteiger partial charge is 0.497 e. The van der Waals surface area contributed by atoms with Crippen molar-refractivity contribution in [2.45, 2.75) is 19.9 Å². The van der Waals surface area contributed by atoms with E-state index < -0.39 is 35.7 Å². The highest BCUT2D eigenvalue weighted by Gasteiger charge is 2.59. The molecule has 136 valence electrons. The van der Waals surface area contributed by atoms with Gasteiger partial charge in [0, 0.05) is 6.92 Å². The Morgan fingerprint density at radius 3 is 2.35 bits per heavy atom. The molecule has 1 saturated heterocycles. The van der Waals surface area contributed by atoms with E-state index in [0.717, 1.165) is 9.91 Å². The summed E-state index contributed by atoms with van der Waals surface area (Å²) < 4.78 is 9.97. The van der Waals surface area contributed by atoms with Crippen LogP contribution in [-0.4, -0.2) is 54.2 Å². The van der Waals surface area contributed by atoms with E-state index in [1.807, 2.05) is 0 Å². The average Bonchev–Trinajstić information content (AvgIpc) is 3.13. The third-order valence-corrected chi connectivity index (χ3v) is 4.19. The summed E-state index contributed by atoms with van der Waals surface area (Å²) >= 11 is 0. The zero-order valence-electron chi connectivity index (χ0n) is 14.5.